The molecule has 1 saturated heterocycles. The van der Waals surface area contributed by atoms with Crippen LogP contribution in [0.2, 0.25) is 0 Å². The predicted molar refractivity (Wildman–Crippen MR) is 84.5 cm³/mol. The topological polar surface area (TPSA) is 51.2 Å². The molecule has 114 valence electrons. The molecule has 0 bridgehead atoms. The quantitative estimate of drug-likeness (QED) is 0.944. The van der Waals surface area contributed by atoms with E-state index in [4.69, 9.17) is 4.74 Å². The number of nitrogens with one attached hydrogen (secondary N) is 1. The van der Waals surface area contributed by atoms with Gasteiger partial charge < -0.3 is 10.1 Å². The van der Waals surface area contributed by atoms with Crippen LogP contribution in [0.4, 0.5) is 0 Å². The van der Waals surface area contributed by atoms with Crippen molar-refractivity contribution in [1.82, 2.24) is 10.3 Å². The molecule has 1 amide bonds. The van der Waals surface area contributed by atoms with Crippen molar-refractivity contribution in [1.29, 1.82) is 0 Å². The Morgan fingerprint density at radius 1 is 1.27 bits per heavy atom. The van der Waals surface area contributed by atoms with Crippen LogP contribution >= 0.6 is 0 Å². The minimum absolute atomic E-state index is 0.0673. The van der Waals surface area contributed by atoms with Gasteiger partial charge in [-0.05, 0) is 31.0 Å². The van der Waals surface area contributed by atoms with Crippen molar-refractivity contribution in [2.45, 2.75) is 19.4 Å². The van der Waals surface area contributed by atoms with Crippen molar-refractivity contribution in [2.24, 2.45) is 5.92 Å². The largest absolute Gasteiger partial charge is 0.373 e. The van der Waals surface area contributed by atoms with E-state index in [1.165, 1.54) is 5.56 Å². The zero-order chi connectivity index (χ0) is 15.4. The van der Waals surface area contributed by atoms with E-state index in [0.717, 1.165) is 18.7 Å². The number of hydrogen-bond acceptors (Lipinski definition) is 3. The summed E-state index contributed by atoms with van der Waals surface area (Å²) in [4.78, 5) is 16.3. The van der Waals surface area contributed by atoms with Crippen LogP contribution in [0, 0.1) is 12.8 Å². The molecule has 1 aromatic carbocycles. The molecular weight excluding hydrogens is 276 g/mol. The fourth-order valence-corrected chi connectivity index (χ4v) is 2.78. The number of aryl methyl sites for hydroxylation is 1. The summed E-state index contributed by atoms with van der Waals surface area (Å²) in [7, 11) is 0. The number of carbonyl (C=O) groups is 1. The second-order valence-electron chi connectivity index (χ2n) is 5.65. The summed E-state index contributed by atoms with van der Waals surface area (Å²) >= 11 is 0. The molecule has 1 aliphatic heterocycles. The van der Waals surface area contributed by atoms with Crippen LogP contribution in [0.15, 0.2) is 48.7 Å². The maximum Gasteiger partial charge on any atom is 0.252 e. The first-order valence-corrected chi connectivity index (χ1v) is 7.61. The number of carbonyl (C=O) groups excluding carboxylic acids is 1. The number of pyridine rings is 1. The minimum atomic E-state index is -0.0776. The molecule has 4 nitrogen and oxygen atoms in total. The molecule has 0 radical (unpaired) electrons. The second-order valence-corrected chi connectivity index (χ2v) is 5.65. The molecule has 0 unspecified atom stereocenters. The third-order valence-electron chi connectivity index (χ3n) is 4.04. The zero-order valence-corrected chi connectivity index (χ0v) is 12.7. The molecule has 1 fully saturated rings. The van der Waals surface area contributed by atoms with Gasteiger partial charge in [-0.1, -0.05) is 30.3 Å². The van der Waals surface area contributed by atoms with Gasteiger partial charge in [0.1, 0.15) is 0 Å². The first-order valence-electron chi connectivity index (χ1n) is 7.61. The van der Waals surface area contributed by atoms with Crippen LogP contribution < -0.4 is 5.32 Å². The van der Waals surface area contributed by atoms with Gasteiger partial charge in [-0.25, -0.2) is 0 Å². The summed E-state index contributed by atoms with van der Waals surface area (Å²) in [6.45, 7) is 3.26. The summed E-state index contributed by atoms with van der Waals surface area (Å²) in [5, 5.41) is 3.00. The lowest BCUT2D eigenvalue weighted by atomic mass is 9.95. The molecule has 22 heavy (non-hydrogen) atoms. The predicted octanol–water partition coefficient (Wildman–Crippen LogP) is 2.90. The normalized spacial score (nSPS) is 20.8. The minimum Gasteiger partial charge on any atom is -0.373 e. The number of aromatic nitrogens is 1. The van der Waals surface area contributed by atoms with Gasteiger partial charge in [-0.2, -0.15) is 0 Å². The molecule has 2 atom stereocenters. The monoisotopic (exact) mass is 296 g/mol. The Kier molecular flexibility index (Phi) is 4.49. The van der Waals surface area contributed by atoms with E-state index in [9.17, 15) is 4.79 Å². The lowest BCUT2D eigenvalue weighted by molar-refractivity contribution is 0.0846. The van der Waals surface area contributed by atoms with Crippen molar-refractivity contribution < 1.29 is 9.53 Å². The number of benzene rings is 1. The van der Waals surface area contributed by atoms with E-state index in [1.807, 2.05) is 31.2 Å². The fraction of sp³-hybridized carbons (Fsp3) is 0.333. The molecule has 1 aliphatic rings. The molecule has 0 saturated carbocycles. The molecule has 0 aliphatic carbocycles. The highest BCUT2D eigenvalue weighted by Gasteiger charge is 2.29. The van der Waals surface area contributed by atoms with Crippen molar-refractivity contribution in [2.75, 3.05) is 13.2 Å². The molecule has 3 rings (SSSR count). The molecule has 0 spiro atoms. The number of nitrogens with zero attached hydrogens (tertiary/aromatic N) is 1. The standard InChI is InChI=1S/C18H20N2O2/c1-13-7-8-16(12-19-13)18(21)20-11-15-9-10-22-17(15)14-5-3-2-4-6-14/h2-8,12,15,17H,9-11H2,1H3,(H,20,21)/t15-,17-/m1/s1. The third-order valence-corrected chi connectivity index (χ3v) is 4.04. The summed E-state index contributed by atoms with van der Waals surface area (Å²) in [6, 6.07) is 13.8. The van der Waals surface area contributed by atoms with E-state index in [1.54, 1.807) is 12.3 Å². The SMILES string of the molecule is Cc1ccc(C(=O)NC[C@H]2CCO[C@@H]2c2ccccc2)cn1. The van der Waals surface area contributed by atoms with Crippen molar-refractivity contribution in [3.8, 4) is 0 Å². The molecular formula is C18H20N2O2. The average molecular weight is 296 g/mol. The highest BCUT2D eigenvalue weighted by Crippen LogP contribution is 2.33. The van der Waals surface area contributed by atoms with Crippen LogP contribution in [0.5, 0.6) is 0 Å². The summed E-state index contributed by atoms with van der Waals surface area (Å²) in [5.74, 6) is 0.232. The highest BCUT2D eigenvalue weighted by molar-refractivity contribution is 5.93. The van der Waals surface area contributed by atoms with E-state index in [2.05, 4.69) is 22.4 Å². The average Bonchev–Trinajstić information content (AvgIpc) is 3.02. The first-order chi connectivity index (χ1) is 10.7. The van der Waals surface area contributed by atoms with Crippen LogP contribution in [0.1, 0.15) is 34.1 Å². The number of hydrogen-bond donors (Lipinski definition) is 1. The molecule has 2 heterocycles. The van der Waals surface area contributed by atoms with E-state index < -0.39 is 0 Å². The van der Waals surface area contributed by atoms with Crippen molar-refractivity contribution in [3.05, 3.63) is 65.5 Å². The molecule has 1 N–H and O–H groups in total. The Labute approximate surface area is 130 Å². The number of rotatable bonds is 4. The van der Waals surface area contributed by atoms with E-state index >= 15 is 0 Å². The van der Waals surface area contributed by atoms with Crippen LogP contribution in [0.25, 0.3) is 0 Å². The Hall–Kier alpha value is -2.20. The maximum absolute atomic E-state index is 12.2. The molecule has 2 aromatic rings. The Morgan fingerprint density at radius 3 is 2.82 bits per heavy atom. The van der Waals surface area contributed by atoms with Gasteiger partial charge in [0.25, 0.3) is 5.91 Å². The highest BCUT2D eigenvalue weighted by atomic mass is 16.5. The van der Waals surface area contributed by atoms with Crippen molar-refractivity contribution in [3.63, 3.8) is 0 Å². The fourth-order valence-electron chi connectivity index (χ4n) is 2.78. The van der Waals surface area contributed by atoms with Gasteiger partial charge in [-0.3, -0.25) is 9.78 Å². The van der Waals surface area contributed by atoms with Crippen LogP contribution in [-0.4, -0.2) is 24.0 Å². The van der Waals surface area contributed by atoms with Gasteiger partial charge in [0.2, 0.25) is 0 Å². The molecule has 4 heteroatoms. The number of amides is 1. The van der Waals surface area contributed by atoms with Crippen LogP contribution in [0.3, 0.4) is 0 Å². The smallest absolute Gasteiger partial charge is 0.252 e. The van der Waals surface area contributed by atoms with Gasteiger partial charge in [0.05, 0.1) is 11.7 Å². The van der Waals surface area contributed by atoms with Gasteiger partial charge >= 0.3 is 0 Å². The molecule has 1 aromatic heterocycles. The summed E-state index contributed by atoms with van der Waals surface area (Å²) in [6.07, 6.45) is 2.65. The third kappa shape index (κ3) is 3.34. The number of ether oxygens (including phenoxy) is 1. The maximum atomic E-state index is 12.2. The van der Waals surface area contributed by atoms with E-state index in [0.29, 0.717) is 18.0 Å². The van der Waals surface area contributed by atoms with Crippen molar-refractivity contribution >= 4 is 5.91 Å². The van der Waals surface area contributed by atoms with Gasteiger partial charge in [-0.15, -0.1) is 0 Å². The first kappa shape index (κ1) is 14.7. The summed E-state index contributed by atoms with van der Waals surface area (Å²) < 4.78 is 5.84. The Bertz CT molecular complexity index is 625. The second kappa shape index (κ2) is 6.71. The Morgan fingerprint density at radius 2 is 2.09 bits per heavy atom. The zero-order valence-electron chi connectivity index (χ0n) is 12.7. The summed E-state index contributed by atoms with van der Waals surface area (Å²) in [5.41, 5.74) is 2.68. The Balaban J connectivity index is 1.61. The van der Waals surface area contributed by atoms with E-state index in [-0.39, 0.29) is 12.0 Å². The van der Waals surface area contributed by atoms with Crippen LogP contribution in [-0.2, 0) is 4.74 Å². The van der Waals surface area contributed by atoms with Gasteiger partial charge in [0, 0.05) is 31.0 Å². The van der Waals surface area contributed by atoms with Gasteiger partial charge in [0.15, 0.2) is 0 Å². The lowest BCUT2D eigenvalue weighted by Crippen LogP contribution is -2.30. The lowest BCUT2D eigenvalue weighted by Gasteiger charge is -2.19.